The molecule has 0 saturated carbocycles. The SMILES string of the molecule is COCCOCCOCCOCCOCCS. The lowest BCUT2D eigenvalue weighted by molar-refractivity contribution is -0.00659. The molecule has 0 aliphatic rings. The van der Waals surface area contributed by atoms with Gasteiger partial charge in [0.25, 0.3) is 0 Å². The molecule has 17 heavy (non-hydrogen) atoms. The van der Waals surface area contributed by atoms with E-state index in [0.717, 1.165) is 5.75 Å². The molecule has 0 aliphatic carbocycles. The van der Waals surface area contributed by atoms with Gasteiger partial charge in [-0.05, 0) is 0 Å². The van der Waals surface area contributed by atoms with Gasteiger partial charge in [0.05, 0.1) is 59.5 Å². The van der Waals surface area contributed by atoms with Crippen molar-refractivity contribution in [2.75, 3.05) is 72.3 Å². The largest absolute Gasteiger partial charge is 0.382 e. The van der Waals surface area contributed by atoms with Crippen LogP contribution >= 0.6 is 12.6 Å². The third-order valence-corrected chi connectivity index (χ3v) is 1.97. The van der Waals surface area contributed by atoms with Crippen LogP contribution in [0.15, 0.2) is 0 Å². The molecule has 5 nitrogen and oxygen atoms in total. The molecule has 0 aromatic carbocycles. The second-order valence-corrected chi connectivity index (χ2v) is 3.61. The van der Waals surface area contributed by atoms with Gasteiger partial charge in [-0.3, -0.25) is 0 Å². The first kappa shape index (κ1) is 17.2. The minimum atomic E-state index is 0.584. The first-order chi connectivity index (χ1) is 8.41. The van der Waals surface area contributed by atoms with E-state index in [1.54, 1.807) is 7.11 Å². The minimum absolute atomic E-state index is 0.584. The van der Waals surface area contributed by atoms with Gasteiger partial charge in [0.1, 0.15) is 0 Å². The van der Waals surface area contributed by atoms with Crippen molar-refractivity contribution in [1.82, 2.24) is 0 Å². The molecule has 0 spiro atoms. The fraction of sp³-hybridized carbons (Fsp3) is 1.00. The number of methoxy groups -OCH3 is 1. The summed E-state index contributed by atoms with van der Waals surface area (Å²) in [4.78, 5) is 0. The zero-order valence-electron chi connectivity index (χ0n) is 10.6. The number of ether oxygens (including phenoxy) is 5. The summed E-state index contributed by atoms with van der Waals surface area (Å²) >= 11 is 4.03. The van der Waals surface area contributed by atoms with Gasteiger partial charge in [-0.1, -0.05) is 0 Å². The number of rotatable bonds is 14. The molecule has 0 aromatic heterocycles. The van der Waals surface area contributed by atoms with Crippen LogP contribution < -0.4 is 0 Å². The van der Waals surface area contributed by atoms with E-state index in [1.807, 2.05) is 0 Å². The molecule has 0 atom stereocenters. The highest BCUT2D eigenvalue weighted by molar-refractivity contribution is 7.80. The molecule has 0 saturated heterocycles. The zero-order chi connectivity index (χ0) is 12.6. The Hall–Kier alpha value is 0.150. The van der Waals surface area contributed by atoms with Crippen LogP contribution in [-0.4, -0.2) is 72.3 Å². The van der Waals surface area contributed by atoms with Gasteiger partial charge < -0.3 is 23.7 Å². The summed E-state index contributed by atoms with van der Waals surface area (Å²) in [5.41, 5.74) is 0. The summed E-state index contributed by atoms with van der Waals surface area (Å²) in [7, 11) is 1.65. The second-order valence-electron chi connectivity index (χ2n) is 3.17. The molecule has 104 valence electrons. The summed E-state index contributed by atoms with van der Waals surface area (Å²) in [6.45, 7) is 5.46. The van der Waals surface area contributed by atoms with Crippen molar-refractivity contribution in [1.29, 1.82) is 0 Å². The van der Waals surface area contributed by atoms with Crippen LogP contribution in [0, 0.1) is 0 Å². The molecule has 0 radical (unpaired) electrons. The maximum absolute atomic E-state index is 5.30. The minimum Gasteiger partial charge on any atom is -0.382 e. The lowest BCUT2D eigenvalue weighted by atomic mass is 10.7. The Kier molecular flexibility index (Phi) is 16.3. The van der Waals surface area contributed by atoms with Crippen molar-refractivity contribution >= 4 is 12.6 Å². The normalized spacial score (nSPS) is 10.9. The maximum Gasteiger partial charge on any atom is 0.0701 e. The molecule has 0 heterocycles. The van der Waals surface area contributed by atoms with E-state index in [0.29, 0.717) is 59.5 Å². The van der Waals surface area contributed by atoms with Gasteiger partial charge >= 0.3 is 0 Å². The van der Waals surface area contributed by atoms with Crippen LogP contribution in [0.2, 0.25) is 0 Å². The standard InChI is InChI=1S/C11H24O5S/c1-12-2-3-13-4-5-14-6-7-15-8-9-16-10-11-17/h17H,2-11H2,1H3. The van der Waals surface area contributed by atoms with E-state index < -0.39 is 0 Å². The molecule has 0 fully saturated rings. The molecular formula is C11H24O5S. The van der Waals surface area contributed by atoms with Gasteiger partial charge in [-0.2, -0.15) is 12.6 Å². The average Bonchev–Trinajstić information content (AvgIpc) is 2.35. The topological polar surface area (TPSA) is 46.2 Å². The smallest absolute Gasteiger partial charge is 0.0701 e. The molecule has 0 aliphatic heterocycles. The lowest BCUT2D eigenvalue weighted by Gasteiger charge is -2.06. The number of hydrogen-bond donors (Lipinski definition) is 1. The number of thiol groups is 1. The van der Waals surface area contributed by atoms with Crippen LogP contribution in [0.4, 0.5) is 0 Å². The van der Waals surface area contributed by atoms with E-state index in [4.69, 9.17) is 23.7 Å². The molecule has 0 rings (SSSR count). The van der Waals surface area contributed by atoms with Gasteiger partial charge in [0.2, 0.25) is 0 Å². The molecule has 0 unspecified atom stereocenters. The average molecular weight is 268 g/mol. The van der Waals surface area contributed by atoms with E-state index in [9.17, 15) is 0 Å². The third kappa shape index (κ3) is 16.1. The van der Waals surface area contributed by atoms with Gasteiger partial charge in [0.15, 0.2) is 0 Å². The Labute approximate surface area is 109 Å². The Morgan fingerprint density at radius 2 is 0.941 bits per heavy atom. The van der Waals surface area contributed by atoms with Crippen molar-refractivity contribution in [3.8, 4) is 0 Å². The Morgan fingerprint density at radius 1 is 0.588 bits per heavy atom. The van der Waals surface area contributed by atoms with E-state index in [-0.39, 0.29) is 0 Å². The van der Waals surface area contributed by atoms with Crippen LogP contribution in [0.1, 0.15) is 0 Å². The van der Waals surface area contributed by atoms with E-state index in [2.05, 4.69) is 12.6 Å². The van der Waals surface area contributed by atoms with Crippen molar-refractivity contribution < 1.29 is 23.7 Å². The highest BCUT2D eigenvalue weighted by Gasteiger charge is 1.92. The van der Waals surface area contributed by atoms with Gasteiger partial charge in [-0.15, -0.1) is 0 Å². The monoisotopic (exact) mass is 268 g/mol. The summed E-state index contributed by atoms with van der Waals surface area (Å²) in [6.07, 6.45) is 0. The predicted molar refractivity (Wildman–Crippen MR) is 69.0 cm³/mol. The maximum atomic E-state index is 5.30. The number of hydrogen-bond acceptors (Lipinski definition) is 6. The van der Waals surface area contributed by atoms with Crippen molar-refractivity contribution in [2.45, 2.75) is 0 Å². The van der Waals surface area contributed by atoms with Crippen LogP contribution in [0.3, 0.4) is 0 Å². The molecule has 0 N–H and O–H groups in total. The molecule has 6 heteroatoms. The van der Waals surface area contributed by atoms with E-state index in [1.165, 1.54) is 0 Å². The molecule has 0 amide bonds. The highest BCUT2D eigenvalue weighted by atomic mass is 32.1. The van der Waals surface area contributed by atoms with E-state index >= 15 is 0 Å². The molecule has 0 aromatic rings. The van der Waals surface area contributed by atoms with Gasteiger partial charge in [-0.25, -0.2) is 0 Å². The van der Waals surface area contributed by atoms with Gasteiger partial charge in [0, 0.05) is 12.9 Å². The predicted octanol–water partition coefficient (Wildman–Crippen LogP) is 0.629. The Bertz CT molecular complexity index is 123. The van der Waals surface area contributed by atoms with Crippen molar-refractivity contribution in [3.05, 3.63) is 0 Å². The zero-order valence-corrected chi connectivity index (χ0v) is 11.5. The van der Waals surface area contributed by atoms with Crippen LogP contribution in [-0.2, 0) is 23.7 Å². The first-order valence-corrected chi connectivity index (χ1v) is 6.46. The summed E-state index contributed by atoms with van der Waals surface area (Å²) in [5, 5.41) is 0. The third-order valence-electron chi connectivity index (χ3n) is 1.78. The summed E-state index contributed by atoms with van der Waals surface area (Å²) in [6, 6.07) is 0. The highest BCUT2D eigenvalue weighted by Crippen LogP contribution is 1.83. The second kappa shape index (κ2) is 16.1. The van der Waals surface area contributed by atoms with Crippen molar-refractivity contribution in [2.24, 2.45) is 0 Å². The summed E-state index contributed by atoms with van der Waals surface area (Å²) < 4.78 is 25.8. The fourth-order valence-electron chi connectivity index (χ4n) is 0.969. The molecule has 0 bridgehead atoms. The molecular weight excluding hydrogens is 244 g/mol. The fourth-order valence-corrected chi connectivity index (χ4v) is 1.10. The summed E-state index contributed by atoms with van der Waals surface area (Å²) in [5.74, 6) is 0.742. The van der Waals surface area contributed by atoms with Crippen LogP contribution in [0.5, 0.6) is 0 Å². The first-order valence-electron chi connectivity index (χ1n) is 5.82. The quantitative estimate of drug-likeness (QED) is 0.370. The van der Waals surface area contributed by atoms with Crippen molar-refractivity contribution in [3.63, 3.8) is 0 Å². The lowest BCUT2D eigenvalue weighted by Crippen LogP contribution is -2.13. The Balaban J connectivity index is 2.85. The van der Waals surface area contributed by atoms with Crippen LogP contribution in [0.25, 0.3) is 0 Å². The Morgan fingerprint density at radius 3 is 1.29 bits per heavy atom.